The van der Waals surface area contributed by atoms with Crippen LogP contribution < -0.4 is 0 Å². The molecular formula is C20H21Br. The third-order valence-electron chi connectivity index (χ3n) is 4.29. The third-order valence-corrected chi connectivity index (χ3v) is 5.32. The molecule has 108 valence electrons. The topological polar surface area (TPSA) is 0 Å². The summed E-state index contributed by atoms with van der Waals surface area (Å²) < 4.78 is 1.26. The number of allylic oxidation sites excluding steroid dienone is 1. The predicted molar refractivity (Wildman–Crippen MR) is 95.7 cm³/mol. The average molecular weight is 341 g/mol. The number of hydrogen-bond donors (Lipinski definition) is 0. The molecule has 0 N–H and O–H groups in total. The standard InChI is InChI=1S/C20H21Br/c1-3-4-8-15-9-5-6-11-17(15)19-18-12-7-10-16(18)13-14(2)20(19)21/h5-7,9-11,13H,3-4,8,12H2,1-2H3. The van der Waals surface area contributed by atoms with E-state index in [1.165, 1.54) is 50.7 Å². The highest BCUT2D eigenvalue weighted by Crippen LogP contribution is 2.40. The van der Waals surface area contributed by atoms with E-state index in [1.807, 2.05) is 0 Å². The summed E-state index contributed by atoms with van der Waals surface area (Å²) in [7, 11) is 0. The van der Waals surface area contributed by atoms with Crippen molar-refractivity contribution in [3.8, 4) is 11.1 Å². The molecule has 0 unspecified atom stereocenters. The maximum Gasteiger partial charge on any atom is 0.0286 e. The van der Waals surface area contributed by atoms with Crippen LogP contribution in [0.3, 0.4) is 0 Å². The van der Waals surface area contributed by atoms with Crippen molar-refractivity contribution in [2.45, 2.75) is 39.5 Å². The minimum absolute atomic E-state index is 1.05. The Kier molecular flexibility index (Phi) is 4.30. The molecule has 0 atom stereocenters. The molecule has 1 heteroatoms. The van der Waals surface area contributed by atoms with Crippen molar-refractivity contribution in [2.24, 2.45) is 0 Å². The Bertz CT molecular complexity index is 695. The van der Waals surface area contributed by atoms with Gasteiger partial charge < -0.3 is 0 Å². The van der Waals surface area contributed by atoms with Gasteiger partial charge in [0.1, 0.15) is 0 Å². The molecule has 0 nitrogen and oxygen atoms in total. The van der Waals surface area contributed by atoms with Crippen molar-refractivity contribution in [3.05, 3.63) is 63.1 Å². The number of halogens is 1. The Hall–Kier alpha value is -1.34. The molecule has 0 saturated carbocycles. The molecule has 0 heterocycles. The first-order chi connectivity index (χ1) is 10.2. The second-order valence-corrected chi connectivity index (χ2v) is 6.61. The van der Waals surface area contributed by atoms with Gasteiger partial charge in [0.2, 0.25) is 0 Å². The van der Waals surface area contributed by atoms with Crippen LogP contribution >= 0.6 is 15.9 Å². The summed E-state index contributed by atoms with van der Waals surface area (Å²) in [5, 5.41) is 0. The molecule has 21 heavy (non-hydrogen) atoms. The lowest BCUT2D eigenvalue weighted by atomic mass is 9.90. The third kappa shape index (κ3) is 2.72. The zero-order valence-corrected chi connectivity index (χ0v) is 14.3. The van der Waals surface area contributed by atoms with E-state index in [0.29, 0.717) is 0 Å². The lowest BCUT2D eigenvalue weighted by molar-refractivity contribution is 0.796. The van der Waals surface area contributed by atoms with E-state index in [1.54, 1.807) is 0 Å². The summed E-state index contributed by atoms with van der Waals surface area (Å²) in [6.07, 6.45) is 9.23. The van der Waals surface area contributed by atoms with Crippen LogP contribution in [0.1, 0.15) is 42.0 Å². The molecule has 0 aliphatic heterocycles. The van der Waals surface area contributed by atoms with Gasteiger partial charge in [-0.25, -0.2) is 0 Å². The fourth-order valence-electron chi connectivity index (χ4n) is 3.16. The number of fused-ring (bicyclic) bond motifs is 1. The van der Waals surface area contributed by atoms with E-state index >= 15 is 0 Å². The van der Waals surface area contributed by atoms with Gasteiger partial charge in [-0.2, -0.15) is 0 Å². The minimum Gasteiger partial charge on any atom is -0.0795 e. The van der Waals surface area contributed by atoms with Crippen molar-refractivity contribution >= 4 is 22.0 Å². The van der Waals surface area contributed by atoms with Gasteiger partial charge in [0.25, 0.3) is 0 Å². The van der Waals surface area contributed by atoms with Gasteiger partial charge in [-0.1, -0.05) is 55.8 Å². The Morgan fingerprint density at radius 1 is 1.19 bits per heavy atom. The Morgan fingerprint density at radius 3 is 2.81 bits per heavy atom. The van der Waals surface area contributed by atoms with Crippen LogP contribution in [-0.4, -0.2) is 0 Å². The quantitative estimate of drug-likeness (QED) is 0.609. The second kappa shape index (κ2) is 6.19. The van der Waals surface area contributed by atoms with E-state index in [9.17, 15) is 0 Å². The SMILES string of the molecule is CCCCc1ccccc1-c1c(Br)c(C)cc2c1CC=C2. The van der Waals surface area contributed by atoms with Crippen molar-refractivity contribution in [1.29, 1.82) is 0 Å². The molecule has 0 spiro atoms. The van der Waals surface area contributed by atoms with Gasteiger partial charge >= 0.3 is 0 Å². The fourth-order valence-corrected chi connectivity index (χ4v) is 3.73. The molecule has 2 aromatic carbocycles. The van der Waals surface area contributed by atoms with Crippen LogP contribution in [0.15, 0.2) is 40.9 Å². The Balaban J connectivity index is 2.18. The van der Waals surface area contributed by atoms with Gasteiger partial charge in [0, 0.05) is 10.0 Å². The Morgan fingerprint density at radius 2 is 2.00 bits per heavy atom. The maximum atomic E-state index is 3.85. The number of benzene rings is 2. The first kappa shape index (κ1) is 14.6. The summed E-state index contributed by atoms with van der Waals surface area (Å²) in [6, 6.07) is 11.2. The molecule has 0 amide bonds. The first-order valence-corrected chi connectivity index (χ1v) is 8.58. The molecule has 0 saturated heterocycles. The molecule has 2 aromatic rings. The van der Waals surface area contributed by atoms with Crippen LogP contribution in [0, 0.1) is 6.92 Å². The maximum absolute atomic E-state index is 3.85. The lowest BCUT2D eigenvalue weighted by Crippen LogP contribution is -1.97. The molecule has 1 aliphatic rings. The summed E-state index contributed by atoms with van der Waals surface area (Å²) in [5.41, 5.74) is 8.45. The molecule has 0 radical (unpaired) electrons. The van der Waals surface area contributed by atoms with Crippen molar-refractivity contribution < 1.29 is 0 Å². The second-order valence-electron chi connectivity index (χ2n) is 5.82. The smallest absolute Gasteiger partial charge is 0.0286 e. The van der Waals surface area contributed by atoms with Crippen LogP contribution in [0.5, 0.6) is 0 Å². The monoisotopic (exact) mass is 340 g/mol. The summed E-state index contributed by atoms with van der Waals surface area (Å²) >= 11 is 3.85. The average Bonchev–Trinajstić information content (AvgIpc) is 2.94. The van der Waals surface area contributed by atoms with Crippen molar-refractivity contribution in [1.82, 2.24) is 0 Å². The van der Waals surface area contributed by atoms with Crippen LogP contribution in [-0.2, 0) is 12.8 Å². The van der Waals surface area contributed by atoms with Crippen LogP contribution in [0.2, 0.25) is 0 Å². The van der Waals surface area contributed by atoms with Crippen molar-refractivity contribution in [2.75, 3.05) is 0 Å². The van der Waals surface area contributed by atoms with Gasteiger partial charge in [-0.15, -0.1) is 0 Å². The number of aryl methyl sites for hydroxylation is 2. The van der Waals surface area contributed by atoms with Crippen molar-refractivity contribution in [3.63, 3.8) is 0 Å². The normalized spacial score (nSPS) is 12.7. The fraction of sp³-hybridized carbons (Fsp3) is 0.300. The predicted octanol–water partition coefficient (Wildman–Crippen LogP) is 6.34. The molecule has 0 aromatic heterocycles. The van der Waals surface area contributed by atoms with Gasteiger partial charge in [0.15, 0.2) is 0 Å². The first-order valence-electron chi connectivity index (χ1n) is 7.79. The summed E-state index contributed by atoms with van der Waals surface area (Å²) in [6.45, 7) is 4.45. The highest BCUT2D eigenvalue weighted by Gasteiger charge is 2.18. The summed E-state index contributed by atoms with van der Waals surface area (Å²) in [4.78, 5) is 0. The van der Waals surface area contributed by atoms with Gasteiger partial charge in [-0.05, 0) is 69.9 Å². The number of hydrogen-bond acceptors (Lipinski definition) is 0. The van der Waals surface area contributed by atoms with E-state index < -0.39 is 0 Å². The highest BCUT2D eigenvalue weighted by molar-refractivity contribution is 9.10. The highest BCUT2D eigenvalue weighted by atomic mass is 79.9. The number of unbranched alkanes of at least 4 members (excludes halogenated alkanes) is 1. The lowest BCUT2D eigenvalue weighted by Gasteiger charge is -2.17. The minimum atomic E-state index is 1.05. The van der Waals surface area contributed by atoms with E-state index in [4.69, 9.17) is 0 Å². The molecular weight excluding hydrogens is 320 g/mol. The zero-order valence-electron chi connectivity index (χ0n) is 12.7. The molecule has 1 aliphatic carbocycles. The van der Waals surface area contributed by atoms with E-state index in [0.717, 1.165) is 12.8 Å². The Labute approximate surface area is 136 Å². The molecule has 0 bridgehead atoms. The van der Waals surface area contributed by atoms with Gasteiger partial charge in [0.05, 0.1) is 0 Å². The summed E-state index contributed by atoms with van der Waals surface area (Å²) in [5.74, 6) is 0. The van der Waals surface area contributed by atoms with E-state index in [2.05, 4.69) is 72.3 Å². The van der Waals surface area contributed by atoms with E-state index in [-0.39, 0.29) is 0 Å². The van der Waals surface area contributed by atoms with Crippen LogP contribution in [0.25, 0.3) is 17.2 Å². The number of rotatable bonds is 4. The molecule has 0 fully saturated rings. The molecule has 3 rings (SSSR count). The largest absolute Gasteiger partial charge is 0.0795 e. The van der Waals surface area contributed by atoms with Crippen LogP contribution in [0.4, 0.5) is 0 Å². The zero-order chi connectivity index (χ0) is 14.8. The van der Waals surface area contributed by atoms with Gasteiger partial charge in [-0.3, -0.25) is 0 Å².